The highest BCUT2D eigenvalue weighted by molar-refractivity contribution is 6.01. The van der Waals surface area contributed by atoms with Crippen molar-refractivity contribution < 1.29 is 19.7 Å². The van der Waals surface area contributed by atoms with Crippen LogP contribution in [0.2, 0.25) is 0 Å². The van der Waals surface area contributed by atoms with Gasteiger partial charge in [0, 0.05) is 50.4 Å². The Labute approximate surface area is 230 Å². The number of ether oxygens (including phenoxy) is 1. The summed E-state index contributed by atoms with van der Waals surface area (Å²) in [5.41, 5.74) is 3.92. The van der Waals surface area contributed by atoms with Gasteiger partial charge in [-0.3, -0.25) is 4.79 Å². The van der Waals surface area contributed by atoms with Gasteiger partial charge >= 0.3 is 0 Å². The fourth-order valence-electron chi connectivity index (χ4n) is 5.08. The summed E-state index contributed by atoms with van der Waals surface area (Å²) in [6, 6.07) is 18.8. The minimum Gasteiger partial charge on any atom is -0.390 e. The summed E-state index contributed by atoms with van der Waals surface area (Å²) in [6.45, 7) is 6.79. The first-order valence-corrected chi connectivity index (χ1v) is 13.7. The summed E-state index contributed by atoms with van der Waals surface area (Å²) < 4.78 is 7.40. The Morgan fingerprint density at radius 1 is 1.13 bits per heavy atom. The Hall–Kier alpha value is -3.64. The molecule has 3 atom stereocenters. The largest absolute Gasteiger partial charge is 0.390 e. The molecule has 8 nitrogen and oxygen atoms in total. The van der Waals surface area contributed by atoms with Gasteiger partial charge in [0.1, 0.15) is 23.9 Å². The maximum absolute atomic E-state index is 12.7. The molecule has 1 amide bonds. The molecule has 0 spiro atoms. The van der Waals surface area contributed by atoms with Crippen molar-refractivity contribution in [2.24, 2.45) is 7.05 Å². The lowest BCUT2D eigenvalue weighted by Gasteiger charge is -2.31. The number of anilines is 1. The number of nitrogens with one attached hydrogen (secondary N) is 1. The molecule has 3 N–H and O–H groups in total. The second-order valence-corrected chi connectivity index (χ2v) is 10.1. The number of amides is 1. The van der Waals surface area contributed by atoms with Crippen LogP contribution in [0.3, 0.4) is 0 Å². The van der Waals surface area contributed by atoms with Crippen LogP contribution in [0.1, 0.15) is 38.8 Å². The minimum absolute atomic E-state index is 0.00190. The van der Waals surface area contributed by atoms with Crippen molar-refractivity contribution in [3.05, 3.63) is 59.8 Å². The predicted molar refractivity (Wildman–Crippen MR) is 154 cm³/mol. The molecule has 8 heteroatoms. The van der Waals surface area contributed by atoms with Crippen LogP contribution in [0.15, 0.2) is 54.1 Å². The number of carbonyl (C=O) groups is 1. The molecule has 39 heavy (non-hydrogen) atoms. The van der Waals surface area contributed by atoms with Crippen molar-refractivity contribution >= 4 is 28.4 Å². The molecule has 206 valence electrons. The van der Waals surface area contributed by atoms with Gasteiger partial charge in [0.2, 0.25) is 0 Å². The van der Waals surface area contributed by atoms with Crippen LogP contribution in [-0.4, -0.2) is 65.2 Å². The maximum atomic E-state index is 12.7. The molecule has 0 radical (unpaired) electrons. The van der Waals surface area contributed by atoms with Crippen LogP contribution < -0.4 is 10.2 Å². The number of hydrogen-bond acceptors (Lipinski definition) is 6. The average Bonchev–Trinajstić information content (AvgIpc) is 3.31. The fraction of sp³-hybridized carbons (Fsp3) is 0.419. The lowest BCUT2D eigenvalue weighted by molar-refractivity contribution is -0.136. The van der Waals surface area contributed by atoms with E-state index < -0.39 is 24.2 Å². The van der Waals surface area contributed by atoms with Crippen molar-refractivity contribution in [3.8, 4) is 17.3 Å². The van der Waals surface area contributed by atoms with Crippen molar-refractivity contribution in [3.63, 3.8) is 0 Å². The molecule has 1 aromatic heterocycles. The third-order valence-corrected chi connectivity index (χ3v) is 7.27. The van der Waals surface area contributed by atoms with E-state index in [9.17, 15) is 20.3 Å². The van der Waals surface area contributed by atoms with Crippen LogP contribution in [0.4, 0.5) is 5.69 Å². The molecule has 0 aliphatic carbocycles. The lowest BCUT2D eigenvalue weighted by atomic mass is 10.0. The summed E-state index contributed by atoms with van der Waals surface area (Å²) in [6.07, 6.45) is 1.43. The summed E-state index contributed by atoms with van der Waals surface area (Å²) in [5.74, 6) is -0.558. The Bertz CT molecular complexity index is 1370. The van der Waals surface area contributed by atoms with E-state index >= 15 is 0 Å². The second kappa shape index (κ2) is 12.9. The number of aromatic nitrogens is 1. The number of nitrogens with zero attached hydrogens (tertiary/aromatic N) is 3. The average molecular weight is 531 g/mol. The van der Waals surface area contributed by atoms with Crippen LogP contribution in [0.25, 0.3) is 28.1 Å². The van der Waals surface area contributed by atoms with E-state index in [1.165, 1.54) is 11.1 Å². The Balaban J connectivity index is 1.51. The molecule has 1 aliphatic rings. The summed E-state index contributed by atoms with van der Waals surface area (Å²) in [7, 11) is 1.91. The van der Waals surface area contributed by atoms with Gasteiger partial charge < -0.3 is 29.7 Å². The maximum Gasteiger partial charge on any atom is 0.262 e. The predicted octanol–water partition coefficient (Wildman–Crippen LogP) is 4.01. The van der Waals surface area contributed by atoms with Crippen molar-refractivity contribution in [1.82, 2.24) is 9.88 Å². The molecule has 2 aromatic carbocycles. The van der Waals surface area contributed by atoms with Crippen LogP contribution >= 0.6 is 0 Å². The lowest BCUT2D eigenvalue weighted by Crippen LogP contribution is -2.50. The number of hydrogen-bond donors (Lipinski definition) is 3. The topological polar surface area (TPSA) is 111 Å². The highest BCUT2D eigenvalue weighted by Crippen LogP contribution is 2.29. The molecule has 1 fully saturated rings. The monoisotopic (exact) mass is 530 g/mol. The van der Waals surface area contributed by atoms with Gasteiger partial charge in [-0.25, -0.2) is 0 Å². The summed E-state index contributed by atoms with van der Waals surface area (Å²) >= 11 is 0. The van der Waals surface area contributed by atoms with Gasteiger partial charge in [-0.2, -0.15) is 5.26 Å². The second-order valence-electron chi connectivity index (χ2n) is 10.1. The van der Waals surface area contributed by atoms with E-state index in [2.05, 4.69) is 60.5 Å². The number of aliphatic hydroxyl groups is 2. The molecule has 2 heterocycles. The molecular weight excluding hydrogens is 492 g/mol. The quantitative estimate of drug-likeness (QED) is 0.270. The number of aliphatic hydroxyl groups excluding tert-OH is 2. The summed E-state index contributed by atoms with van der Waals surface area (Å²) in [5, 5.41) is 34.5. The van der Waals surface area contributed by atoms with Gasteiger partial charge in [-0.05, 0) is 72.0 Å². The Morgan fingerprint density at radius 2 is 1.85 bits per heavy atom. The smallest absolute Gasteiger partial charge is 0.262 e. The molecule has 0 bridgehead atoms. The first kappa shape index (κ1) is 28.4. The third kappa shape index (κ3) is 6.51. The Kier molecular flexibility index (Phi) is 9.41. The van der Waals surface area contributed by atoms with Gasteiger partial charge in [0.25, 0.3) is 5.91 Å². The minimum atomic E-state index is -1.08. The van der Waals surface area contributed by atoms with Crippen LogP contribution in [0.5, 0.6) is 0 Å². The SMILES string of the molecule is CCCN(CCC)c1ccc2cc(-c3ccc(/C=C(\C#N)C(=O)NC[C@H]4OCC[C@@H](O)[C@@H]4O)n3C)ccc2c1. The van der Waals surface area contributed by atoms with Gasteiger partial charge in [0.15, 0.2) is 0 Å². The van der Waals surface area contributed by atoms with Gasteiger partial charge in [0.05, 0.1) is 6.10 Å². The third-order valence-electron chi connectivity index (χ3n) is 7.27. The zero-order chi connectivity index (χ0) is 27.9. The number of carbonyl (C=O) groups excluding carboxylic acids is 1. The first-order chi connectivity index (χ1) is 18.9. The van der Waals surface area contributed by atoms with E-state index in [1.807, 2.05) is 29.8 Å². The zero-order valence-electron chi connectivity index (χ0n) is 22.9. The fourth-order valence-corrected chi connectivity index (χ4v) is 5.08. The molecule has 3 aromatic rings. The normalized spacial score (nSPS) is 19.6. The van der Waals surface area contributed by atoms with Crippen LogP contribution in [0, 0.1) is 11.3 Å². The van der Waals surface area contributed by atoms with Gasteiger partial charge in [-0.15, -0.1) is 0 Å². The van der Waals surface area contributed by atoms with Crippen LogP contribution in [-0.2, 0) is 16.6 Å². The number of benzene rings is 2. The van der Waals surface area contributed by atoms with Crippen molar-refractivity contribution in [2.75, 3.05) is 31.1 Å². The standard InChI is InChI=1S/C31H38N4O4/c1-4-13-35(14-5-2)26-9-8-21-16-23(7-6-22(21)17-26)27-11-10-25(34(27)3)18-24(19-32)31(38)33-20-29-30(37)28(36)12-15-39-29/h6-11,16-18,28-30,36-37H,4-5,12-15,20H2,1-3H3,(H,33,38)/b24-18+/t28-,29-,30+/m1/s1. The highest BCUT2D eigenvalue weighted by atomic mass is 16.5. The van der Waals surface area contributed by atoms with E-state index in [0.717, 1.165) is 42.6 Å². The van der Waals surface area contributed by atoms with Crippen molar-refractivity contribution in [1.29, 1.82) is 5.26 Å². The molecule has 0 saturated carbocycles. The highest BCUT2D eigenvalue weighted by Gasteiger charge is 2.31. The molecule has 1 saturated heterocycles. The molecule has 1 aliphatic heterocycles. The van der Waals surface area contributed by atoms with Gasteiger partial charge in [-0.1, -0.05) is 32.0 Å². The van der Waals surface area contributed by atoms with E-state index in [-0.39, 0.29) is 12.1 Å². The Morgan fingerprint density at radius 3 is 2.56 bits per heavy atom. The van der Waals surface area contributed by atoms with Crippen molar-refractivity contribution in [2.45, 2.75) is 51.4 Å². The first-order valence-electron chi connectivity index (χ1n) is 13.7. The van der Waals surface area contributed by atoms with E-state index in [4.69, 9.17) is 4.74 Å². The zero-order valence-corrected chi connectivity index (χ0v) is 22.9. The molecule has 0 unspecified atom stereocenters. The number of nitriles is 1. The summed E-state index contributed by atoms with van der Waals surface area (Å²) in [4.78, 5) is 15.1. The molecular formula is C31H38N4O4. The number of fused-ring (bicyclic) bond motifs is 1. The van der Waals surface area contributed by atoms with E-state index in [1.54, 1.807) is 6.08 Å². The molecule has 4 rings (SSSR count). The van der Waals surface area contributed by atoms with E-state index in [0.29, 0.717) is 18.7 Å². The number of rotatable bonds is 10.